The summed E-state index contributed by atoms with van der Waals surface area (Å²) >= 11 is 5.90. The van der Waals surface area contributed by atoms with E-state index in [0.29, 0.717) is 28.8 Å². The lowest BCUT2D eigenvalue weighted by Gasteiger charge is -2.34. The molecule has 1 aliphatic rings. The average molecular weight is 423 g/mol. The van der Waals surface area contributed by atoms with Crippen LogP contribution in [-0.2, 0) is 14.8 Å². The fourth-order valence-corrected chi connectivity index (χ4v) is 5.01. The van der Waals surface area contributed by atoms with E-state index in [-0.39, 0.29) is 25.6 Å². The molecule has 0 aliphatic carbocycles. The minimum atomic E-state index is -3.57. The van der Waals surface area contributed by atoms with Crippen LogP contribution in [0.5, 0.6) is 5.75 Å². The molecule has 1 saturated heterocycles. The molecule has 0 atom stereocenters. The van der Waals surface area contributed by atoms with Gasteiger partial charge in [0.2, 0.25) is 10.0 Å². The number of halogens is 1. The largest absolute Gasteiger partial charge is 0.484 e. The molecule has 0 unspecified atom stereocenters. The molecule has 6 nitrogen and oxygen atoms in total. The van der Waals surface area contributed by atoms with Gasteiger partial charge >= 0.3 is 0 Å². The fraction of sp³-hybridized carbons (Fsp3) is 0.350. The molecule has 1 heterocycles. The summed E-state index contributed by atoms with van der Waals surface area (Å²) in [7, 11) is -3.57. The summed E-state index contributed by atoms with van der Waals surface area (Å²) in [6.45, 7) is 4.75. The van der Waals surface area contributed by atoms with Crippen LogP contribution in [0.2, 0.25) is 5.02 Å². The first-order chi connectivity index (χ1) is 13.3. The number of piperazine rings is 1. The molecular weight excluding hydrogens is 400 g/mol. The third-order valence-corrected chi connectivity index (χ3v) is 6.99. The van der Waals surface area contributed by atoms with E-state index in [1.807, 2.05) is 19.1 Å². The monoisotopic (exact) mass is 422 g/mol. The third-order valence-electron chi connectivity index (χ3n) is 4.71. The van der Waals surface area contributed by atoms with Crippen LogP contribution in [0.1, 0.15) is 11.1 Å². The highest BCUT2D eigenvalue weighted by Crippen LogP contribution is 2.22. The Morgan fingerprint density at radius 2 is 1.79 bits per heavy atom. The van der Waals surface area contributed by atoms with Crippen LogP contribution in [0.25, 0.3) is 0 Å². The number of aryl methyl sites for hydroxylation is 2. The molecular formula is C20H23ClN2O4S. The van der Waals surface area contributed by atoms with Crippen LogP contribution < -0.4 is 4.74 Å². The van der Waals surface area contributed by atoms with E-state index >= 15 is 0 Å². The third kappa shape index (κ3) is 4.66. The Kier molecular flexibility index (Phi) is 6.27. The maximum atomic E-state index is 13.0. The van der Waals surface area contributed by atoms with Gasteiger partial charge < -0.3 is 9.64 Å². The number of benzene rings is 2. The van der Waals surface area contributed by atoms with Gasteiger partial charge in [0.1, 0.15) is 5.75 Å². The maximum Gasteiger partial charge on any atom is 0.260 e. The van der Waals surface area contributed by atoms with E-state index in [4.69, 9.17) is 16.3 Å². The quantitative estimate of drug-likeness (QED) is 0.743. The molecule has 1 aliphatic heterocycles. The molecule has 1 amide bonds. The number of sulfonamides is 1. The molecule has 0 bridgehead atoms. The normalized spacial score (nSPS) is 15.5. The number of nitrogens with zero attached hydrogens (tertiary/aromatic N) is 2. The van der Waals surface area contributed by atoms with E-state index in [0.717, 1.165) is 11.1 Å². The minimum absolute atomic E-state index is 0.107. The molecule has 0 N–H and O–H groups in total. The van der Waals surface area contributed by atoms with Gasteiger partial charge in [0.25, 0.3) is 5.91 Å². The first-order valence-electron chi connectivity index (χ1n) is 9.01. The summed E-state index contributed by atoms with van der Waals surface area (Å²) in [5, 5.41) is 0.537. The highest BCUT2D eigenvalue weighted by Gasteiger charge is 2.31. The van der Waals surface area contributed by atoms with Crippen molar-refractivity contribution in [2.75, 3.05) is 32.8 Å². The smallest absolute Gasteiger partial charge is 0.260 e. The van der Waals surface area contributed by atoms with Crippen molar-refractivity contribution in [2.24, 2.45) is 0 Å². The first-order valence-corrected chi connectivity index (χ1v) is 10.8. The molecule has 150 valence electrons. The van der Waals surface area contributed by atoms with Crippen LogP contribution in [0, 0.1) is 13.8 Å². The molecule has 2 aromatic rings. The van der Waals surface area contributed by atoms with Crippen molar-refractivity contribution in [1.29, 1.82) is 0 Å². The van der Waals surface area contributed by atoms with Crippen LogP contribution in [0.3, 0.4) is 0 Å². The van der Waals surface area contributed by atoms with Crippen LogP contribution >= 0.6 is 11.6 Å². The van der Waals surface area contributed by atoms with Crippen LogP contribution in [0.15, 0.2) is 47.4 Å². The van der Waals surface area contributed by atoms with Gasteiger partial charge in [0.05, 0.1) is 4.90 Å². The van der Waals surface area contributed by atoms with Gasteiger partial charge in [-0.3, -0.25) is 4.79 Å². The molecule has 0 spiro atoms. The number of carbonyl (C=O) groups excluding carboxylic acids is 1. The SMILES string of the molecule is Cc1ccc(C)c(S(=O)(=O)N2CCN(C(=O)COc3cccc(Cl)c3)CC2)c1. The van der Waals surface area contributed by atoms with E-state index in [9.17, 15) is 13.2 Å². The molecule has 0 saturated carbocycles. The Morgan fingerprint density at radius 1 is 1.07 bits per heavy atom. The summed E-state index contributed by atoms with van der Waals surface area (Å²) in [5.74, 6) is 0.348. The summed E-state index contributed by atoms with van der Waals surface area (Å²) in [5.41, 5.74) is 1.62. The number of hydrogen-bond donors (Lipinski definition) is 0. The van der Waals surface area contributed by atoms with Gasteiger partial charge in [-0.2, -0.15) is 4.31 Å². The lowest BCUT2D eigenvalue weighted by atomic mass is 10.2. The predicted molar refractivity (Wildman–Crippen MR) is 108 cm³/mol. The standard InChI is InChI=1S/C20H23ClN2O4S/c1-15-6-7-16(2)19(12-15)28(25,26)23-10-8-22(9-11-23)20(24)14-27-18-5-3-4-17(21)13-18/h3-7,12-13H,8-11,14H2,1-2H3. The average Bonchev–Trinajstić information content (AvgIpc) is 2.68. The molecule has 28 heavy (non-hydrogen) atoms. The second-order valence-electron chi connectivity index (χ2n) is 6.80. The van der Waals surface area contributed by atoms with E-state index in [1.165, 1.54) is 4.31 Å². The summed E-state index contributed by atoms with van der Waals surface area (Å²) in [4.78, 5) is 14.3. The number of rotatable bonds is 5. The van der Waals surface area contributed by atoms with Gasteiger partial charge in [-0.05, 0) is 49.2 Å². The van der Waals surface area contributed by atoms with Crippen molar-refractivity contribution in [3.8, 4) is 5.75 Å². The highest BCUT2D eigenvalue weighted by atomic mass is 35.5. The van der Waals surface area contributed by atoms with Gasteiger partial charge in [-0.1, -0.05) is 29.8 Å². The first kappa shape index (κ1) is 20.6. The van der Waals surface area contributed by atoms with Crippen molar-refractivity contribution in [3.63, 3.8) is 0 Å². The maximum absolute atomic E-state index is 13.0. The number of carbonyl (C=O) groups is 1. The molecule has 0 radical (unpaired) electrons. The van der Waals surface area contributed by atoms with Gasteiger partial charge in [0.15, 0.2) is 6.61 Å². The summed E-state index contributed by atoms with van der Waals surface area (Å²) in [6, 6.07) is 12.3. The molecule has 0 aromatic heterocycles. The van der Waals surface area contributed by atoms with Gasteiger partial charge in [-0.15, -0.1) is 0 Å². The van der Waals surface area contributed by atoms with Crippen molar-refractivity contribution in [1.82, 2.24) is 9.21 Å². The zero-order valence-electron chi connectivity index (χ0n) is 15.9. The van der Waals surface area contributed by atoms with E-state index in [2.05, 4.69) is 0 Å². The second kappa shape index (κ2) is 8.51. The second-order valence-corrected chi connectivity index (χ2v) is 9.14. The molecule has 2 aromatic carbocycles. The van der Waals surface area contributed by atoms with Crippen LogP contribution in [0.4, 0.5) is 0 Å². The lowest BCUT2D eigenvalue weighted by molar-refractivity contribution is -0.134. The zero-order chi connectivity index (χ0) is 20.3. The van der Waals surface area contributed by atoms with Crippen molar-refractivity contribution in [2.45, 2.75) is 18.7 Å². The predicted octanol–water partition coefficient (Wildman–Crippen LogP) is 2.87. The van der Waals surface area contributed by atoms with E-state index in [1.54, 1.807) is 42.2 Å². The Labute approximate surface area is 170 Å². The Hall–Kier alpha value is -2.09. The Morgan fingerprint density at radius 3 is 2.46 bits per heavy atom. The zero-order valence-corrected chi connectivity index (χ0v) is 17.5. The summed E-state index contributed by atoms with van der Waals surface area (Å²) in [6.07, 6.45) is 0. The van der Waals surface area contributed by atoms with Crippen molar-refractivity contribution < 1.29 is 17.9 Å². The van der Waals surface area contributed by atoms with E-state index < -0.39 is 10.0 Å². The lowest BCUT2D eigenvalue weighted by Crippen LogP contribution is -2.51. The van der Waals surface area contributed by atoms with Crippen LogP contribution in [-0.4, -0.2) is 56.3 Å². The van der Waals surface area contributed by atoms with Gasteiger partial charge in [0, 0.05) is 31.2 Å². The molecule has 8 heteroatoms. The van der Waals surface area contributed by atoms with Gasteiger partial charge in [-0.25, -0.2) is 8.42 Å². The fourth-order valence-electron chi connectivity index (χ4n) is 3.10. The number of amides is 1. The topological polar surface area (TPSA) is 66.9 Å². The highest BCUT2D eigenvalue weighted by molar-refractivity contribution is 7.89. The minimum Gasteiger partial charge on any atom is -0.484 e. The number of ether oxygens (including phenoxy) is 1. The molecule has 3 rings (SSSR count). The Bertz CT molecular complexity index is 970. The van der Waals surface area contributed by atoms with Crippen molar-refractivity contribution in [3.05, 3.63) is 58.6 Å². The molecule has 1 fully saturated rings. The van der Waals surface area contributed by atoms with Crippen molar-refractivity contribution >= 4 is 27.5 Å². The number of hydrogen-bond acceptors (Lipinski definition) is 4. The summed E-state index contributed by atoms with van der Waals surface area (Å²) < 4.78 is 32.9. The Balaban J connectivity index is 1.59.